The molecule has 8 heteroatoms. The van der Waals surface area contributed by atoms with Gasteiger partial charge in [-0.3, -0.25) is 4.79 Å². The van der Waals surface area contributed by atoms with Crippen molar-refractivity contribution in [2.75, 3.05) is 7.11 Å². The van der Waals surface area contributed by atoms with Gasteiger partial charge in [-0.15, -0.1) is 0 Å². The number of hydrogen-bond donors (Lipinski definition) is 1. The Balaban J connectivity index is 1.40. The molecule has 4 rings (SSSR count). The van der Waals surface area contributed by atoms with Crippen LogP contribution in [0.4, 0.5) is 0 Å². The van der Waals surface area contributed by atoms with E-state index in [2.05, 4.69) is 10.5 Å². The Morgan fingerprint density at radius 3 is 2.30 bits per heavy atom. The summed E-state index contributed by atoms with van der Waals surface area (Å²) in [5.41, 5.74) is 4.71. The number of amides is 1. The molecular weight excluding hydrogens is 492 g/mol. The van der Waals surface area contributed by atoms with E-state index >= 15 is 0 Å². The van der Waals surface area contributed by atoms with E-state index < -0.39 is 11.9 Å². The van der Waals surface area contributed by atoms with Gasteiger partial charge in [-0.1, -0.05) is 66.2 Å². The number of nitrogens with one attached hydrogen (secondary N) is 1. The van der Waals surface area contributed by atoms with E-state index in [1.54, 1.807) is 66.7 Å². The van der Waals surface area contributed by atoms with Crippen molar-refractivity contribution in [1.82, 2.24) is 5.43 Å². The zero-order chi connectivity index (χ0) is 26.0. The first-order valence-corrected chi connectivity index (χ1v) is 11.7. The number of carbonyl (C=O) groups is 2. The van der Waals surface area contributed by atoms with Crippen molar-refractivity contribution in [3.05, 3.63) is 124 Å². The molecule has 0 aromatic heterocycles. The minimum absolute atomic E-state index is 0.220. The Morgan fingerprint density at radius 2 is 1.54 bits per heavy atom. The Bertz CT molecular complexity index is 1420. The standard InChI is InChI=1S/C29H23ClN2O5/c1-35-27-17-21(15-16-26(27)37-29(34)22-11-5-7-13-24(22)30)18-31-32-28(33)23-12-6-8-14-25(23)36-19-20-9-3-2-4-10-20/h2-18H,19H2,1H3,(H,32,33). The molecule has 0 radical (unpaired) electrons. The van der Waals surface area contributed by atoms with Crippen molar-refractivity contribution in [3.63, 3.8) is 0 Å². The van der Waals surface area contributed by atoms with Gasteiger partial charge in [-0.2, -0.15) is 5.10 Å². The van der Waals surface area contributed by atoms with Crippen LogP contribution in [0.2, 0.25) is 5.02 Å². The number of ether oxygens (including phenoxy) is 3. The van der Waals surface area contributed by atoms with Crippen molar-refractivity contribution in [2.24, 2.45) is 5.10 Å². The number of esters is 1. The van der Waals surface area contributed by atoms with Crippen molar-refractivity contribution in [1.29, 1.82) is 0 Å². The van der Waals surface area contributed by atoms with Crippen LogP contribution in [0.5, 0.6) is 17.2 Å². The zero-order valence-electron chi connectivity index (χ0n) is 19.9. The quantitative estimate of drug-likeness (QED) is 0.130. The zero-order valence-corrected chi connectivity index (χ0v) is 20.6. The average molecular weight is 515 g/mol. The maximum absolute atomic E-state index is 12.7. The van der Waals surface area contributed by atoms with Gasteiger partial charge >= 0.3 is 5.97 Å². The summed E-state index contributed by atoms with van der Waals surface area (Å²) in [4.78, 5) is 25.2. The van der Waals surface area contributed by atoms with E-state index in [-0.39, 0.29) is 16.3 Å². The molecule has 0 fully saturated rings. The molecule has 0 spiro atoms. The molecule has 0 unspecified atom stereocenters. The van der Waals surface area contributed by atoms with Crippen LogP contribution in [-0.2, 0) is 6.61 Å². The Morgan fingerprint density at radius 1 is 0.838 bits per heavy atom. The van der Waals surface area contributed by atoms with Crippen molar-refractivity contribution < 1.29 is 23.8 Å². The second-order valence-electron chi connectivity index (χ2n) is 7.75. The van der Waals surface area contributed by atoms with Crippen molar-refractivity contribution in [2.45, 2.75) is 6.61 Å². The van der Waals surface area contributed by atoms with Gasteiger partial charge in [0.05, 0.1) is 29.5 Å². The van der Waals surface area contributed by atoms with Gasteiger partial charge in [0.1, 0.15) is 12.4 Å². The van der Waals surface area contributed by atoms with Crippen LogP contribution in [0.25, 0.3) is 0 Å². The van der Waals surface area contributed by atoms with Gasteiger partial charge in [0.15, 0.2) is 11.5 Å². The maximum Gasteiger partial charge on any atom is 0.345 e. The topological polar surface area (TPSA) is 86.2 Å². The molecule has 0 saturated carbocycles. The molecule has 1 N–H and O–H groups in total. The van der Waals surface area contributed by atoms with Gasteiger partial charge < -0.3 is 14.2 Å². The molecule has 0 aliphatic carbocycles. The summed E-state index contributed by atoms with van der Waals surface area (Å²) in [6, 6.07) is 28.1. The first-order chi connectivity index (χ1) is 18.0. The summed E-state index contributed by atoms with van der Waals surface area (Å²) in [7, 11) is 1.46. The summed E-state index contributed by atoms with van der Waals surface area (Å²) in [6.45, 7) is 0.335. The third-order valence-electron chi connectivity index (χ3n) is 5.23. The number of para-hydroxylation sites is 1. The molecule has 4 aromatic carbocycles. The van der Waals surface area contributed by atoms with Crippen LogP contribution in [0.1, 0.15) is 31.8 Å². The fourth-order valence-corrected chi connectivity index (χ4v) is 3.58. The fourth-order valence-electron chi connectivity index (χ4n) is 3.37. The molecule has 4 aromatic rings. The van der Waals surface area contributed by atoms with Crippen LogP contribution >= 0.6 is 11.6 Å². The smallest absolute Gasteiger partial charge is 0.345 e. The highest BCUT2D eigenvalue weighted by atomic mass is 35.5. The third kappa shape index (κ3) is 6.74. The van der Waals surface area contributed by atoms with E-state index in [0.29, 0.717) is 29.2 Å². The Hall–Kier alpha value is -4.62. The van der Waals surface area contributed by atoms with E-state index in [1.165, 1.54) is 13.3 Å². The van der Waals surface area contributed by atoms with E-state index in [9.17, 15) is 9.59 Å². The molecule has 0 bridgehead atoms. The van der Waals surface area contributed by atoms with Crippen LogP contribution in [-0.4, -0.2) is 25.2 Å². The van der Waals surface area contributed by atoms with Crippen molar-refractivity contribution >= 4 is 29.7 Å². The molecule has 1 amide bonds. The highest BCUT2D eigenvalue weighted by Gasteiger charge is 2.15. The lowest BCUT2D eigenvalue weighted by Gasteiger charge is -2.11. The Kier molecular flexibility index (Phi) is 8.52. The number of nitrogens with zero attached hydrogens (tertiary/aromatic N) is 1. The highest BCUT2D eigenvalue weighted by Crippen LogP contribution is 2.29. The van der Waals surface area contributed by atoms with Gasteiger partial charge in [-0.05, 0) is 53.6 Å². The summed E-state index contributed by atoms with van der Waals surface area (Å²) >= 11 is 6.07. The summed E-state index contributed by atoms with van der Waals surface area (Å²) in [5.74, 6) is -0.0401. The Labute approximate surface area is 219 Å². The molecule has 0 heterocycles. The predicted molar refractivity (Wildman–Crippen MR) is 142 cm³/mol. The number of benzene rings is 4. The second kappa shape index (κ2) is 12.4. The molecule has 0 atom stereocenters. The lowest BCUT2D eigenvalue weighted by Crippen LogP contribution is -2.18. The fraction of sp³-hybridized carbons (Fsp3) is 0.0690. The molecule has 37 heavy (non-hydrogen) atoms. The molecule has 0 aliphatic heterocycles. The minimum Gasteiger partial charge on any atom is -0.493 e. The monoisotopic (exact) mass is 514 g/mol. The minimum atomic E-state index is -0.606. The summed E-state index contributed by atoms with van der Waals surface area (Å²) < 4.78 is 16.6. The van der Waals surface area contributed by atoms with Crippen LogP contribution in [0.3, 0.4) is 0 Å². The SMILES string of the molecule is COc1cc(C=NNC(=O)c2ccccc2OCc2ccccc2)ccc1OC(=O)c1ccccc1Cl. The molecule has 0 saturated heterocycles. The first kappa shape index (κ1) is 25.5. The van der Waals surface area contributed by atoms with Gasteiger partial charge in [0.2, 0.25) is 0 Å². The van der Waals surface area contributed by atoms with Crippen LogP contribution < -0.4 is 19.6 Å². The van der Waals surface area contributed by atoms with E-state index in [0.717, 1.165) is 5.56 Å². The van der Waals surface area contributed by atoms with Crippen LogP contribution in [0.15, 0.2) is 102 Å². The number of hydrogen-bond acceptors (Lipinski definition) is 6. The molecule has 186 valence electrons. The molecule has 7 nitrogen and oxygen atoms in total. The van der Waals surface area contributed by atoms with Gasteiger partial charge in [0.25, 0.3) is 5.91 Å². The van der Waals surface area contributed by atoms with E-state index in [4.69, 9.17) is 25.8 Å². The van der Waals surface area contributed by atoms with Gasteiger partial charge in [0, 0.05) is 0 Å². The molecule has 0 aliphatic rings. The number of halogens is 1. The largest absolute Gasteiger partial charge is 0.493 e. The number of rotatable bonds is 9. The summed E-state index contributed by atoms with van der Waals surface area (Å²) in [5, 5.41) is 4.33. The first-order valence-electron chi connectivity index (χ1n) is 11.3. The lowest BCUT2D eigenvalue weighted by molar-refractivity contribution is 0.0729. The van der Waals surface area contributed by atoms with Crippen LogP contribution in [0, 0.1) is 0 Å². The summed E-state index contributed by atoms with van der Waals surface area (Å²) in [6.07, 6.45) is 1.45. The highest BCUT2D eigenvalue weighted by molar-refractivity contribution is 6.33. The molecular formula is C29H23ClN2O5. The van der Waals surface area contributed by atoms with E-state index in [1.807, 2.05) is 30.3 Å². The van der Waals surface area contributed by atoms with Crippen molar-refractivity contribution in [3.8, 4) is 17.2 Å². The predicted octanol–water partition coefficient (Wildman–Crippen LogP) is 5.91. The lowest BCUT2D eigenvalue weighted by atomic mass is 10.2. The van der Waals surface area contributed by atoms with Gasteiger partial charge in [-0.25, -0.2) is 10.2 Å². The normalized spacial score (nSPS) is 10.6. The number of hydrazone groups is 1. The second-order valence-corrected chi connectivity index (χ2v) is 8.16. The third-order valence-corrected chi connectivity index (χ3v) is 5.56. The number of methoxy groups -OCH3 is 1. The number of carbonyl (C=O) groups excluding carboxylic acids is 2. The average Bonchev–Trinajstić information content (AvgIpc) is 2.93. The maximum atomic E-state index is 12.7.